The Bertz CT molecular complexity index is 937. The molecule has 0 amide bonds. The van der Waals surface area contributed by atoms with Crippen molar-refractivity contribution >= 4 is 22.5 Å². The minimum absolute atomic E-state index is 0.0429. The van der Waals surface area contributed by atoms with Crippen molar-refractivity contribution in [3.63, 3.8) is 0 Å². The number of benzene rings is 2. The second kappa shape index (κ2) is 7.25. The molecule has 0 saturated heterocycles. The maximum absolute atomic E-state index is 13.2. The van der Waals surface area contributed by atoms with Gasteiger partial charge in [-0.05, 0) is 42.7 Å². The van der Waals surface area contributed by atoms with Crippen LogP contribution in [0.1, 0.15) is 23.2 Å². The smallest absolute Gasteiger partial charge is 0.396 e. The van der Waals surface area contributed by atoms with Crippen LogP contribution in [0.15, 0.2) is 36.4 Å². The number of aromatic nitrogens is 2. The highest BCUT2D eigenvalue weighted by Gasteiger charge is 2.31. The van der Waals surface area contributed by atoms with E-state index in [1.54, 1.807) is 0 Å². The number of aliphatic hydroxyl groups excluding tert-OH is 1. The number of hydrogen-bond donors (Lipinski definition) is 1. The zero-order valence-electron chi connectivity index (χ0n) is 13.5. The maximum Gasteiger partial charge on any atom is 0.416 e. The van der Waals surface area contributed by atoms with Crippen molar-refractivity contribution in [1.82, 2.24) is 9.78 Å². The number of fused-ring (bicyclic) bond motifs is 1. The molecule has 26 heavy (non-hydrogen) atoms. The molecule has 0 aliphatic carbocycles. The first-order chi connectivity index (χ1) is 12.3. The van der Waals surface area contributed by atoms with Crippen molar-refractivity contribution in [3.05, 3.63) is 64.1 Å². The summed E-state index contributed by atoms with van der Waals surface area (Å²) in [4.78, 5) is 0. The number of alkyl halides is 3. The molecule has 0 spiro atoms. The summed E-state index contributed by atoms with van der Waals surface area (Å²) in [5, 5.41) is 14.2. The lowest BCUT2D eigenvalue weighted by atomic mass is 10.1. The van der Waals surface area contributed by atoms with E-state index in [0.29, 0.717) is 35.0 Å². The molecule has 138 valence electrons. The summed E-state index contributed by atoms with van der Waals surface area (Å²) in [5.41, 5.74) is 0.683. The third kappa shape index (κ3) is 3.83. The van der Waals surface area contributed by atoms with E-state index < -0.39 is 17.6 Å². The Labute approximate surface area is 151 Å². The van der Waals surface area contributed by atoms with E-state index in [0.717, 1.165) is 18.2 Å². The fourth-order valence-electron chi connectivity index (χ4n) is 2.78. The van der Waals surface area contributed by atoms with Gasteiger partial charge in [0.25, 0.3) is 0 Å². The van der Waals surface area contributed by atoms with Crippen LogP contribution in [0.4, 0.5) is 17.6 Å². The quantitative estimate of drug-likeness (QED) is 0.638. The minimum atomic E-state index is -4.47. The van der Waals surface area contributed by atoms with Crippen LogP contribution < -0.4 is 0 Å². The van der Waals surface area contributed by atoms with Crippen LogP contribution in [0.25, 0.3) is 10.9 Å². The predicted octanol–water partition coefficient (Wildman–Crippen LogP) is 4.82. The number of nitrogens with zero attached hydrogens (tertiary/aromatic N) is 2. The van der Waals surface area contributed by atoms with Crippen LogP contribution in [-0.2, 0) is 19.1 Å². The highest BCUT2D eigenvalue weighted by molar-refractivity contribution is 6.31. The summed E-state index contributed by atoms with van der Waals surface area (Å²) in [6.07, 6.45) is -3.59. The van der Waals surface area contributed by atoms with Gasteiger partial charge in [0.15, 0.2) is 0 Å². The van der Waals surface area contributed by atoms with Crippen molar-refractivity contribution in [3.8, 4) is 0 Å². The standard InChI is InChI=1S/C18H15ClF4N2O/c19-15-9-13(20)5-3-11(15)10-25-17-8-12(18(21,22)23)4-6-14(17)16(24-25)2-1-7-26/h3-6,8-9,26H,1-2,7,10H2. The van der Waals surface area contributed by atoms with Gasteiger partial charge < -0.3 is 5.11 Å². The Balaban J connectivity index is 2.09. The van der Waals surface area contributed by atoms with Gasteiger partial charge in [0, 0.05) is 17.0 Å². The summed E-state index contributed by atoms with van der Waals surface area (Å²) in [5.74, 6) is -0.493. The molecule has 0 atom stereocenters. The highest BCUT2D eigenvalue weighted by Crippen LogP contribution is 2.33. The van der Waals surface area contributed by atoms with E-state index in [1.807, 2.05) is 0 Å². The van der Waals surface area contributed by atoms with Crippen LogP contribution >= 0.6 is 11.6 Å². The lowest BCUT2D eigenvalue weighted by molar-refractivity contribution is -0.137. The zero-order chi connectivity index (χ0) is 18.9. The van der Waals surface area contributed by atoms with Crippen LogP contribution in [0.2, 0.25) is 5.02 Å². The molecule has 1 aromatic heterocycles. The van der Waals surface area contributed by atoms with E-state index in [4.69, 9.17) is 16.7 Å². The summed E-state index contributed by atoms with van der Waals surface area (Å²) in [6.45, 7) is 0.0643. The number of aliphatic hydroxyl groups is 1. The Kier molecular flexibility index (Phi) is 5.20. The second-order valence-electron chi connectivity index (χ2n) is 5.90. The van der Waals surface area contributed by atoms with E-state index >= 15 is 0 Å². The molecule has 0 unspecified atom stereocenters. The SMILES string of the molecule is OCCCc1nn(Cc2ccc(F)cc2Cl)c2cc(C(F)(F)F)ccc12. The van der Waals surface area contributed by atoms with Gasteiger partial charge in [-0.2, -0.15) is 18.3 Å². The minimum Gasteiger partial charge on any atom is -0.396 e. The van der Waals surface area contributed by atoms with Gasteiger partial charge in [-0.25, -0.2) is 4.39 Å². The number of halogens is 5. The molecule has 0 bridgehead atoms. The lowest BCUT2D eigenvalue weighted by Crippen LogP contribution is -2.06. The fourth-order valence-corrected chi connectivity index (χ4v) is 3.01. The van der Waals surface area contributed by atoms with Crippen LogP contribution in [0, 0.1) is 5.82 Å². The molecule has 0 saturated carbocycles. The molecule has 1 heterocycles. The summed E-state index contributed by atoms with van der Waals surface area (Å²) >= 11 is 6.03. The molecule has 0 fully saturated rings. The third-order valence-electron chi connectivity index (χ3n) is 4.06. The largest absolute Gasteiger partial charge is 0.416 e. The van der Waals surface area contributed by atoms with Gasteiger partial charge >= 0.3 is 6.18 Å². The van der Waals surface area contributed by atoms with E-state index in [-0.39, 0.29) is 18.2 Å². The third-order valence-corrected chi connectivity index (χ3v) is 4.41. The van der Waals surface area contributed by atoms with Crippen LogP contribution in [-0.4, -0.2) is 21.5 Å². The Morgan fingerprint density at radius 2 is 1.88 bits per heavy atom. The molecule has 3 nitrogen and oxygen atoms in total. The van der Waals surface area contributed by atoms with Gasteiger partial charge in [-0.15, -0.1) is 0 Å². The summed E-state index contributed by atoms with van der Waals surface area (Å²) < 4.78 is 53.8. The highest BCUT2D eigenvalue weighted by atomic mass is 35.5. The number of rotatable bonds is 5. The topological polar surface area (TPSA) is 38.1 Å². The number of aryl methyl sites for hydroxylation is 1. The predicted molar refractivity (Wildman–Crippen MR) is 90.7 cm³/mol. The fraction of sp³-hybridized carbons (Fsp3) is 0.278. The van der Waals surface area contributed by atoms with Crippen LogP contribution in [0.5, 0.6) is 0 Å². The molecule has 1 N–H and O–H groups in total. The zero-order valence-corrected chi connectivity index (χ0v) is 14.3. The molecule has 2 aromatic carbocycles. The Hall–Kier alpha value is -2.12. The first kappa shape index (κ1) is 18.7. The summed E-state index contributed by atoms with van der Waals surface area (Å²) in [7, 11) is 0. The van der Waals surface area contributed by atoms with Gasteiger partial charge in [-0.1, -0.05) is 23.7 Å². The van der Waals surface area contributed by atoms with Crippen molar-refractivity contribution in [1.29, 1.82) is 0 Å². The molecule has 0 aliphatic heterocycles. The van der Waals surface area contributed by atoms with Gasteiger partial charge in [0.1, 0.15) is 5.82 Å². The van der Waals surface area contributed by atoms with Crippen molar-refractivity contribution in [2.45, 2.75) is 25.6 Å². The average Bonchev–Trinajstić information content (AvgIpc) is 2.92. The average molecular weight is 387 g/mol. The molecular formula is C18H15ClF4N2O. The lowest BCUT2D eigenvalue weighted by Gasteiger charge is -2.09. The van der Waals surface area contributed by atoms with Crippen molar-refractivity contribution in [2.75, 3.05) is 6.61 Å². The molecule has 0 radical (unpaired) electrons. The monoisotopic (exact) mass is 386 g/mol. The van der Waals surface area contributed by atoms with Gasteiger partial charge in [0.2, 0.25) is 0 Å². The molecular weight excluding hydrogens is 372 g/mol. The number of hydrogen-bond acceptors (Lipinski definition) is 2. The molecule has 3 rings (SSSR count). The molecule has 3 aromatic rings. The van der Waals surface area contributed by atoms with Crippen molar-refractivity contribution in [2.24, 2.45) is 0 Å². The van der Waals surface area contributed by atoms with Gasteiger partial charge in [-0.3, -0.25) is 4.68 Å². The van der Waals surface area contributed by atoms with Crippen LogP contribution in [0.3, 0.4) is 0 Å². The normalized spacial score (nSPS) is 12.1. The second-order valence-corrected chi connectivity index (χ2v) is 6.30. The Morgan fingerprint density at radius 3 is 2.54 bits per heavy atom. The maximum atomic E-state index is 13.2. The first-order valence-corrected chi connectivity index (χ1v) is 8.29. The first-order valence-electron chi connectivity index (χ1n) is 7.91. The molecule has 0 aliphatic rings. The van der Waals surface area contributed by atoms with E-state index in [9.17, 15) is 17.6 Å². The summed E-state index contributed by atoms with van der Waals surface area (Å²) in [6, 6.07) is 7.31. The van der Waals surface area contributed by atoms with Crippen molar-refractivity contribution < 1.29 is 22.7 Å². The van der Waals surface area contributed by atoms with E-state index in [2.05, 4.69) is 5.10 Å². The Morgan fingerprint density at radius 1 is 1.12 bits per heavy atom. The van der Waals surface area contributed by atoms with E-state index in [1.165, 1.54) is 22.9 Å². The molecule has 8 heteroatoms. The van der Waals surface area contributed by atoms with Gasteiger partial charge in [0.05, 0.1) is 23.3 Å².